The molecule has 2 atom stereocenters. The van der Waals surface area contributed by atoms with Crippen LogP contribution in [0.5, 0.6) is 0 Å². The van der Waals surface area contributed by atoms with Gasteiger partial charge in [0.25, 0.3) is 0 Å². The summed E-state index contributed by atoms with van der Waals surface area (Å²) in [5, 5.41) is 0. The molecule has 1 fully saturated rings. The van der Waals surface area contributed by atoms with Gasteiger partial charge in [-0.25, -0.2) is 0 Å². The first-order valence-electron chi connectivity index (χ1n) is 5.64. The number of hydrogen-bond acceptors (Lipinski definition) is 2. The van der Waals surface area contributed by atoms with Crippen LogP contribution in [0.2, 0.25) is 0 Å². The van der Waals surface area contributed by atoms with Gasteiger partial charge in [0.2, 0.25) is 0 Å². The third-order valence-corrected chi connectivity index (χ3v) is 3.96. The van der Waals surface area contributed by atoms with Crippen molar-refractivity contribution in [3.63, 3.8) is 0 Å². The highest BCUT2D eigenvalue weighted by molar-refractivity contribution is 9.10. The van der Waals surface area contributed by atoms with Gasteiger partial charge >= 0.3 is 0 Å². The summed E-state index contributed by atoms with van der Waals surface area (Å²) < 4.78 is 1.08. The molecule has 0 spiro atoms. The minimum absolute atomic E-state index is 0.132. The molecular formula is C13H16BrNO. The molecule has 0 radical (unpaired) electrons. The Bertz CT molecular complexity index is 405. The number of piperidine rings is 1. The SMILES string of the molecule is CC1C(=O)CCN(c2cccc(Br)c2)C1C. The van der Waals surface area contributed by atoms with Crippen molar-refractivity contribution in [1.29, 1.82) is 0 Å². The smallest absolute Gasteiger partial charge is 0.139 e. The van der Waals surface area contributed by atoms with Gasteiger partial charge in [-0.1, -0.05) is 28.9 Å². The Morgan fingerprint density at radius 1 is 1.38 bits per heavy atom. The van der Waals surface area contributed by atoms with E-state index in [1.165, 1.54) is 5.69 Å². The lowest BCUT2D eigenvalue weighted by molar-refractivity contribution is -0.123. The normalized spacial score (nSPS) is 25.9. The second-order valence-corrected chi connectivity index (χ2v) is 5.33. The summed E-state index contributed by atoms with van der Waals surface area (Å²) in [5.74, 6) is 0.520. The van der Waals surface area contributed by atoms with Crippen LogP contribution >= 0.6 is 15.9 Å². The minimum atomic E-state index is 0.132. The van der Waals surface area contributed by atoms with Crippen LogP contribution in [0.15, 0.2) is 28.7 Å². The second-order valence-electron chi connectivity index (χ2n) is 4.42. The molecule has 16 heavy (non-hydrogen) atoms. The van der Waals surface area contributed by atoms with Gasteiger partial charge < -0.3 is 4.90 Å². The van der Waals surface area contributed by atoms with Crippen molar-refractivity contribution >= 4 is 27.4 Å². The lowest BCUT2D eigenvalue weighted by Gasteiger charge is -2.38. The van der Waals surface area contributed by atoms with Gasteiger partial charge in [0.1, 0.15) is 5.78 Å². The van der Waals surface area contributed by atoms with E-state index in [1.807, 2.05) is 19.1 Å². The van der Waals surface area contributed by atoms with E-state index >= 15 is 0 Å². The summed E-state index contributed by atoms with van der Waals surface area (Å²) >= 11 is 3.48. The van der Waals surface area contributed by atoms with Gasteiger partial charge in [-0.05, 0) is 25.1 Å². The van der Waals surface area contributed by atoms with E-state index in [4.69, 9.17) is 0 Å². The number of halogens is 1. The van der Waals surface area contributed by atoms with E-state index in [0.29, 0.717) is 12.2 Å². The van der Waals surface area contributed by atoms with E-state index in [1.54, 1.807) is 0 Å². The van der Waals surface area contributed by atoms with Crippen molar-refractivity contribution < 1.29 is 4.79 Å². The number of ketones is 1. The third-order valence-electron chi connectivity index (χ3n) is 3.46. The molecule has 0 N–H and O–H groups in total. The van der Waals surface area contributed by atoms with Gasteiger partial charge in [-0.15, -0.1) is 0 Å². The molecule has 0 aromatic heterocycles. The highest BCUT2D eigenvalue weighted by atomic mass is 79.9. The fraction of sp³-hybridized carbons (Fsp3) is 0.462. The first-order valence-corrected chi connectivity index (χ1v) is 6.44. The lowest BCUT2D eigenvalue weighted by atomic mass is 9.90. The molecule has 1 aliphatic rings. The predicted molar refractivity (Wildman–Crippen MR) is 69.7 cm³/mol. The summed E-state index contributed by atoms with van der Waals surface area (Å²) in [6, 6.07) is 8.55. The zero-order valence-corrected chi connectivity index (χ0v) is 11.2. The van der Waals surface area contributed by atoms with Crippen molar-refractivity contribution in [2.45, 2.75) is 26.3 Å². The van der Waals surface area contributed by atoms with Gasteiger partial charge in [0, 0.05) is 35.1 Å². The maximum absolute atomic E-state index is 11.6. The molecule has 2 nitrogen and oxygen atoms in total. The number of anilines is 1. The summed E-state index contributed by atoms with van der Waals surface area (Å²) in [6.07, 6.45) is 0.665. The third kappa shape index (κ3) is 2.14. The number of benzene rings is 1. The topological polar surface area (TPSA) is 20.3 Å². The number of Topliss-reactive ketones (excluding diaryl/α,β-unsaturated/α-hetero) is 1. The Morgan fingerprint density at radius 2 is 2.12 bits per heavy atom. The summed E-state index contributed by atoms with van der Waals surface area (Å²) in [6.45, 7) is 4.99. The van der Waals surface area contributed by atoms with Crippen LogP contribution in [-0.4, -0.2) is 18.4 Å². The predicted octanol–water partition coefficient (Wildman–Crippen LogP) is 3.25. The molecule has 0 amide bonds. The van der Waals surface area contributed by atoms with Crippen LogP contribution in [0, 0.1) is 5.92 Å². The minimum Gasteiger partial charge on any atom is -0.368 e. The molecule has 1 heterocycles. The average molecular weight is 282 g/mol. The first kappa shape index (κ1) is 11.6. The molecule has 1 aromatic rings. The van der Waals surface area contributed by atoms with Crippen molar-refractivity contribution in [2.24, 2.45) is 5.92 Å². The average Bonchev–Trinajstić information content (AvgIpc) is 2.26. The van der Waals surface area contributed by atoms with Crippen LogP contribution in [0.1, 0.15) is 20.3 Å². The summed E-state index contributed by atoms with van der Waals surface area (Å²) in [7, 11) is 0. The number of nitrogens with zero attached hydrogens (tertiary/aromatic N) is 1. The number of hydrogen-bond donors (Lipinski definition) is 0. The maximum atomic E-state index is 11.6. The fourth-order valence-electron chi connectivity index (χ4n) is 2.22. The van der Waals surface area contributed by atoms with Crippen LogP contribution in [0.25, 0.3) is 0 Å². The molecule has 0 saturated carbocycles. The highest BCUT2D eigenvalue weighted by Crippen LogP contribution is 2.28. The number of carbonyl (C=O) groups is 1. The number of rotatable bonds is 1. The molecular weight excluding hydrogens is 266 g/mol. The fourth-order valence-corrected chi connectivity index (χ4v) is 2.61. The Balaban J connectivity index is 2.25. The Hall–Kier alpha value is -0.830. The second kappa shape index (κ2) is 4.58. The Morgan fingerprint density at radius 3 is 2.81 bits per heavy atom. The lowest BCUT2D eigenvalue weighted by Crippen LogP contribution is -2.46. The van der Waals surface area contributed by atoms with E-state index in [-0.39, 0.29) is 12.0 Å². The monoisotopic (exact) mass is 281 g/mol. The molecule has 86 valence electrons. The number of carbonyl (C=O) groups excluding carboxylic acids is 1. The van der Waals surface area contributed by atoms with Crippen LogP contribution in [-0.2, 0) is 4.79 Å². The summed E-state index contributed by atoms with van der Waals surface area (Å²) in [5.41, 5.74) is 1.20. The standard InChI is InChI=1S/C13H16BrNO/c1-9-10(2)15(7-6-13(9)16)12-5-3-4-11(14)8-12/h3-5,8-10H,6-7H2,1-2H3. The zero-order valence-electron chi connectivity index (χ0n) is 9.61. The van der Waals surface area contributed by atoms with Gasteiger partial charge in [-0.3, -0.25) is 4.79 Å². The largest absolute Gasteiger partial charge is 0.368 e. The molecule has 1 aromatic carbocycles. The van der Waals surface area contributed by atoms with Crippen LogP contribution < -0.4 is 4.90 Å². The van der Waals surface area contributed by atoms with Crippen molar-refractivity contribution in [2.75, 3.05) is 11.4 Å². The molecule has 2 unspecified atom stereocenters. The Kier molecular flexibility index (Phi) is 3.33. The summed E-state index contributed by atoms with van der Waals surface area (Å²) in [4.78, 5) is 13.9. The van der Waals surface area contributed by atoms with Crippen molar-refractivity contribution in [3.8, 4) is 0 Å². The molecule has 0 aliphatic carbocycles. The van der Waals surface area contributed by atoms with E-state index in [9.17, 15) is 4.79 Å². The maximum Gasteiger partial charge on any atom is 0.139 e. The molecule has 2 rings (SSSR count). The van der Waals surface area contributed by atoms with Gasteiger partial charge in [0.15, 0.2) is 0 Å². The zero-order chi connectivity index (χ0) is 11.7. The quantitative estimate of drug-likeness (QED) is 0.788. The van der Waals surface area contributed by atoms with E-state index < -0.39 is 0 Å². The molecule has 0 bridgehead atoms. The molecule has 1 saturated heterocycles. The highest BCUT2D eigenvalue weighted by Gasteiger charge is 2.30. The van der Waals surface area contributed by atoms with Gasteiger partial charge in [0.05, 0.1) is 0 Å². The van der Waals surface area contributed by atoms with Crippen LogP contribution in [0.4, 0.5) is 5.69 Å². The first-order chi connectivity index (χ1) is 7.59. The molecule has 1 aliphatic heterocycles. The van der Waals surface area contributed by atoms with Crippen molar-refractivity contribution in [3.05, 3.63) is 28.7 Å². The Labute approximate surface area is 105 Å². The van der Waals surface area contributed by atoms with E-state index in [0.717, 1.165) is 11.0 Å². The van der Waals surface area contributed by atoms with Crippen LogP contribution in [0.3, 0.4) is 0 Å². The van der Waals surface area contributed by atoms with E-state index in [2.05, 4.69) is 39.9 Å². The van der Waals surface area contributed by atoms with Gasteiger partial charge in [-0.2, -0.15) is 0 Å². The molecule has 3 heteroatoms. The van der Waals surface area contributed by atoms with Crippen molar-refractivity contribution in [1.82, 2.24) is 0 Å².